The van der Waals surface area contributed by atoms with E-state index >= 15 is 0 Å². The molecule has 4 heterocycles. The van der Waals surface area contributed by atoms with Crippen molar-refractivity contribution in [1.82, 2.24) is 39.5 Å². The smallest absolute Gasteiger partial charge is 0.295 e. The van der Waals surface area contributed by atoms with Crippen LogP contribution in [0.4, 0.5) is 5.82 Å². The van der Waals surface area contributed by atoms with Gasteiger partial charge in [-0.1, -0.05) is 13.8 Å². The molecule has 4 aromatic rings. The Balaban J connectivity index is 1.57. The molecule has 0 bridgehead atoms. The van der Waals surface area contributed by atoms with Gasteiger partial charge in [-0.2, -0.15) is 0 Å². The highest BCUT2D eigenvalue weighted by molar-refractivity contribution is 7.91. The Labute approximate surface area is 226 Å². The molecular weight excluding hydrogens is 518 g/mol. The molecule has 1 aliphatic carbocycles. The van der Waals surface area contributed by atoms with Gasteiger partial charge in [0.1, 0.15) is 22.6 Å². The number of aryl methyl sites for hydroxylation is 2. The van der Waals surface area contributed by atoms with Crippen LogP contribution in [0.25, 0.3) is 22.6 Å². The van der Waals surface area contributed by atoms with E-state index in [4.69, 9.17) is 9.97 Å². The molecule has 1 saturated carbocycles. The van der Waals surface area contributed by atoms with Crippen LogP contribution < -0.4 is 10.9 Å². The van der Waals surface area contributed by atoms with Gasteiger partial charge in [-0.3, -0.25) is 9.36 Å². The highest BCUT2D eigenvalue weighted by atomic mass is 32.2. The van der Waals surface area contributed by atoms with Crippen LogP contribution >= 0.6 is 0 Å². The topological polar surface area (TPSA) is 158 Å². The van der Waals surface area contributed by atoms with E-state index in [0.29, 0.717) is 40.8 Å². The normalized spacial score (nSPS) is 14.5. The summed E-state index contributed by atoms with van der Waals surface area (Å²) in [6.07, 6.45) is 6.98. The van der Waals surface area contributed by atoms with Crippen molar-refractivity contribution < 1.29 is 8.42 Å². The number of hydrogen-bond donors (Lipinski definition) is 1. The Hall–Kier alpha value is -3.87. The van der Waals surface area contributed by atoms with Gasteiger partial charge in [-0.15, -0.1) is 0 Å². The van der Waals surface area contributed by atoms with Crippen molar-refractivity contribution in [2.75, 3.05) is 11.1 Å². The van der Waals surface area contributed by atoms with Crippen LogP contribution in [0.1, 0.15) is 74.9 Å². The summed E-state index contributed by atoms with van der Waals surface area (Å²) in [6, 6.07) is -0.156. The second kappa shape index (κ2) is 10.4. The first-order valence-electron chi connectivity index (χ1n) is 13.0. The number of anilines is 1. The third-order valence-corrected chi connectivity index (χ3v) is 8.72. The van der Waals surface area contributed by atoms with Crippen molar-refractivity contribution in [2.45, 2.75) is 77.3 Å². The first-order valence-corrected chi connectivity index (χ1v) is 14.7. The SMILES string of the molecule is CCC(C)n1c(=O)c(NCc2ncc(S(=O)(=O)CC)cn2)nc2c(C)nc(-c3c(C)ncnc3C3CC3)nc21. The van der Waals surface area contributed by atoms with Crippen LogP contribution in [0.3, 0.4) is 0 Å². The summed E-state index contributed by atoms with van der Waals surface area (Å²) in [6.45, 7) is 9.39. The van der Waals surface area contributed by atoms with E-state index in [1.165, 1.54) is 12.4 Å². The highest BCUT2D eigenvalue weighted by Crippen LogP contribution is 2.43. The fourth-order valence-electron chi connectivity index (χ4n) is 4.40. The van der Waals surface area contributed by atoms with Gasteiger partial charge in [-0.25, -0.2) is 43.3 Å². The van der Waals surface area contributed by atoms with Gasteiger partial charge >= 0.3 is 0 Å². The first kappa shape index (κ1) is 26.7. The molecule has 12 nitrogen and oxygen atoms in total. The maximum atomic E-state index is 13.7. The van der Waals surface area contributed by atoms with Crippen molar-refractivity contribution in [3.63, 3.8) is 0 Å². The maximum Gasteiger partial charge on any atom is 0.295 e. The Bertz CT molecular complexity index is 1720. The van der Waals surface area contributed by atoms with Crippen LogP contribution in [-0.4, -0.2) is 53.6 Å². The van der Waals surface area contributed by atoms with Gasteiger partial charge < -0.3 is 5.32 Å². The monoisotopic (exact) mass is 549 g/mol. The van der Waals surface area contributed by atoms with Crippen LogP contribution in [0, 0.1) is 13.8 Å². The minimum absolute atomic E-state index is 0.0357. The Kier molecular flexibility index (Phi) is 7.10. The van der Waals surface area contributed by atoms with E-state index in [0.717, 1.165) is 29.8 Å². The number of fused-ring (bicyclic) bond motifs is 1. The Morgan fingerprint density at radius 1 is 1.03 bits per heavy atom. The zero-order valence-corrected chi connectivity index (χ0v) is 23.4. The Morgan fingerprint density at radius 3 is 2.38 bits per heavy atom. The molecule has 204 valence electrons. The Morgan fingerprint density at radius 2 is 1.74 bits per heavy atom. The van der Waals surface area contributed by atoms with Gasteiger partial charge in [0.05, 0.1) is 34.9 Å². The number of aromatic nitrogens is 8. The predicted octanol–water partition coefficient (Wildman–Crippen LogP) is 3.30. The minimum atomic E-state index is -3.40. The predicted molar refractivity (Wildman–Crippen MR) is 146 cm³/mol. The molecule has 1 N–H and O–H groups in total. The largest absolute Gasteiger partial charge is 0.358 e. The van der Waals surface area contributed by atoms with Gasteiger partial charge in [0.2, 0.25) is 0 Å². The number of rotatable bonds is 9. The molecule has 0 spiro atoms. The summed E-state index contributed by atoms with van der Waals surface area (Å²) >= 11 is 0. The van der Waals surface area contributed by atoms with Crippen LogP contribution in [0.5, 0.6) is 0 Å². The number of nitrogens with one attached hydrogen (secondary N) is 1. The second-order valence-corrected chi connectivity index (χ2v) is 12.1. The summed E-state index contributed by atoms with van der Waals surface area (Å²) < 4.78 is 25.7. The third-order valence-electron chi connectivity index (χ3n) is 7.03. The van der Waals surface area contributed by atoms with E-state index in [-0.39, 0.29) is 34.6 Å². The van der Waals surface area contributed by atoms with Crippen molar-refractivity contribution >= 4 is 26.8 Å². The molecule has 1 atom stereocenters. The zero-order valence-electron chi connectivity index (χ0n) is 22.6. The van der Waals surface area contributed by atoms with E-state index in [1.807, 2.05) is 27.7 Å². The van der Waals surface area contributed by atoms with E-state index in [2.05, 4.69) is 30.2 Å². The summed E-state index contributed by atoms with van der Waals surface area (Å²) in [4.78, 5) is 45.2. The first-order chi connectivity index (χ1) is 18.6. The highest BCUT2D eigenvalue weighted by Gasteiger charge is 2.30. The molecule has 0 aliphatic heterocycles. The number of nitrogens with zero attached hydrogens (tertiary/aromatic N) is 8. The molecule has 0 amide bonds. The molecule has 5 rings (SSSR count). The standard InChI is InChI=1S/C26H31N9O3S/c1-6-14(3)35-25-21(16(5)32-23(34-25)20-15(4)30-13-31-22(20)17-8-9-17)33-24(26(35)36)29-12-19-27-10-18(11-28-19)39(37,38)7-2/h10-11,13-14,17H,6-9,12H2,1-5H3,(H,29,33). The summed E-state index contributed by atoms with van der Waals surface area (Å²) in [5, 5.41) is 3.03. The van der Waals surface area contributed by atoms with Crippen molar-refractivity contribution in [3.8, 4) is 11.4 Å². The summed E-state index contributed by atoms with van der Waals surface area (Å²) in [5.41, 5.74) is 3.84. The fraction of sp³-hybridized carbons (Fsp3) is 0.462. The molecule has 39 heavy (non-hydrogen) atoms. The number of hydrogen-bond acceptors (Lipinski definition) is 11. The van der Waals surface area contributed by atoms with Crippen LogP contribution in [0.15, 0.2) is 28.4 Å². The van der Waals surface area contributed by atoms with E-state index in [1.54, 1.807) is 17.8 Å². The van der Waals surface area contributed by atoms with Crippen LogP contribution in [0.2, 0.25) is 0 Å². The molecular formula is C26H31N9O3S. The van der Waals surface area contributed by atoms with Crippen molar-refractivity contribution in [1.29, 1.82) is 0 Å². The summed E-state index contributed by atoms with van der Waals surface area (Å²) in [5.74, 6) is 1.29. The summed E-state index contributed by atoms with van der Waals surface area (Å²) in [7, 11) is -3.40. The quantitative estimate of drug-likeness (QED) is 0.326. The van der Waals surface area contributed by atoms with Gasteiger partial charge in [-0.05, 0) is 40.0 Å². The number of sulfone groups is 1. The average molecular weight is 550 g/mol. The lowest BCUT2D eigenvalue weighted by Crippen LogP contribution is -2.29. The molecule has 4 aromatic heterocycles. The fourth-order valence-corrected chi connectivity index (χ4v) is 5.16. The molecule has 1 fully saturated rings. The van der Waals surface area contributed by atoms with Gasteiger partial charge in [0.25, 0.3) is 5.56 Å². The third kappa shape index (κ3) is 5.10. The molecule has 1 unspecified atom stereocenters. The molecule has 0 aromatic carbocycles. The average Bonchev–Trinajstić information content (AvgIpc) is 3.77. The van der Waals surface area contributed by atoms with E-state index < -0.39 is 9.84 Å². The van der Waals surface area contributed by atoms with Crippen LogP contribution in [-0.2, 0) is 16.4 Å². The van der Waals surface area contributed by atoms with E-state index in [9.17, 15) is 13.2 Å². The van der Waals surface area contributed by atoms with Crippen molar-refractivity contribution in [2.24, 2.45) is 0 Å². The molecule has 1 aliphatic rings. The maximum absolute atomic E-state index is 13.7. The second-order valence-electron chi connectivity index (χ2n) is 9.78. The van der Waals surface area contributed by atoms with Gasteiger partial charge in [0.15, 0.2) is 27.1 Å². The lowest BCUT2D eigenvalue weighted by Gasteiger charge is -2.19. The zero-order chi connectivity index (χ0) is 27.9. The molecule has 13 heteroatoms. The molecule has 0 saturated heterocycles. The van der Waals surface area contributed by atoms with Gasteiger partial charge in [0, 0.05) is 24.4 Å². The van der Waals surface area contributed by atoms with Crippen molar-refractivity contribution in [3.05, 3.63) is 52.0 Å². The molecule has 0 radical (unpaired) electrons. The minimum Gasteiger partial charge on any atom is -0.358 e. The lowest BCUT2D eigenvalue weighted by atomic mass is 10.1. The lowest BCUT2D eigenvalue weighted by molar-refractivity contribution is 0.526.